The van der Waals surface area contributed by atoms with E-state index in [0.717, 1.165) is 24.2 Å². The normalized spacial score (nSPS) is 38.6. The predicted molar refractivity (Wildman–Crippen MR) is 120 cm³/mol. The third-order valence-corrected chi connectivity index (χ3v) is 6.53. The van der Waals surface area contributed by atoms with Crippen molar-refractivity contribution < 1.29 is 24.1 Å². The van der Waals surface area contributed by atoms with Crippen molar-refractivity contribution in [3.05, 3.63) is 24.0 Å². The van der Waals surface area contributed by atoms with Gasteiger partial charge in [0.05, 0.1) is 11.9 Å². The number of nitrogens with zero attached hydrogens (tertiary/aromatic N) is 1. The van der Waals surface area contributed by atoms with Gasteiger partial charge in [-0.15, -0.1) is 0 Å². The largest absolute Gasteiger partial charge is 0.492 e. The number of hydrogen-bond acceptors (Lipinski definition) is 5. The second-order valence-corrected chi connectivity index (χ2v) is 11.2. The van der Waals surface area contributed by atoms with Crippen LogP contribution in [0.25, 0.3) is 0 Å². The molecule has 7 atom stereocenters. The first-order valence-corrected chi connectivity index (χ1v) is 11.7. The Hall–Kier alpha value is -1.53. The summed E-state index contributed by atoms with van der Waals surface area (Å²) in [6.07, 6.45) is 3.08. The summed E-state index contributed by atoms with van der Waals surface area (Å²) in [4.78, 5) is 14.9. The molecule has 6 nitrogen and oxygen atoms in total. The van der Waals surface area contributed by atoms with Crippen molar-refractivity contribution in [3.63, 3.8) is 0 Å². The Labute approximate surface area is 187 Å². The first kappa shape index (κ1) is 24.1. The number of likely N-dealkylation sites (tertiary alicyclic amines) is 1. The zero-order chi connectivity index (χ0) is 23.1. The molecule has 1 N–H and O–H groups in total. The first-order valence-electron chi connectivity index (χ1n) is 11.7. The van der Waals surface area contributed by atoms with E-state index in [4.69, 9.17) is 14.2 Å². The zero-order valence-corrected chi connectivity index (χ0v) is 20.3. The quantitative estimate of drug-likeness (QED) is 0.631. The summed E-state index contributed by atoms with van der Waals surface area (Å²) in [7, 11) is 0. The van der Waals surface area contributed by atoms with Gasteiger partial charge >= 0.3 is 6.09 Å². The molecule has 0 saturated carbocycles. The van der Waals surface area contributed by atoms with Crippen molar-refractivity contribution in [2.75, 3.05) is 6.54 Å². The fourth-order valence-electron chi connectivity index (χ4n) is 5.37. The van der Waals surface area contributed by atoms with Gasteiger partial charge in [-0.25, -0.2) is 4.79 Å². The number of carbonyl (C=O) groups excluding carboxylic acids is 1. The van der Waals surface area contributed by atoms with Crippen molar-refractivity contribution >= 4 is 6.09 Å². The SMILES string of the molecule is C=C(C)CC1=C[C@H](C)C[C@@H]([C@@H]2O[C@]3(C[C@@H]2O)[C@H](C)C[C@H](C)CN3C(=O)OC(C)(C)C)O1. The van der Waals surface area contributed by atoms with E-state index in [1.54, 1.807) is 4.90 Å². The summed E-state index contributed by atoms with van der Waals surface area (Å²) in [6, 6.07) is 0. The molecule has 3 rings (SSSR count). The van der Waals surface area contributed by atoms with Crippen LogP contribution in [-0.2, 0) is 14.2 Å². The van der Waals surface area contributed by atoms with E-state index in [9.17, 15) is 9.90 Å². The summed E-state index contributed by atoms with van der Waals surface area (Å²) in [5.74, 6) is 1.63. The number of piperidine rings is 1. The van der Waals surface area contributed by atoms with Crippen LogP contribution >= 0.6 is 0 Å². The molecule has 0 radical (unpaired) electrons. The van der Waals surface area contributed by atoms with Crippen LogP contribution in [0.3, 0.4) is 0 Å². The second-order valence-electron chi connectivity index (χ2n) is 11.2. The van der Waals surface area contributed by atoms with Gasteiger partial charge in [-0.3, -0.25) is 4.90 Å². The van der Waals surface area contributed by atoms with Crippen LogP contribution in [0.15, 0.2) is 24.0 Å². The number of aliphatic hydroxyl groups excluding tert-OH is 1. The molecule has 6 heteroatoms. The minimum absolute atomic E-state index is 0.0786. The molecule has 0 unspecified atom stereocenters. The van der Waals surface area contributed by atoms with Crippen molar-refractivity contribution in [2.45, 2.75) is 104 Å². The molecule has 3 aliphatic rings. The standard InChI is InChI=1S/C25H41NO5/c1-15(2)9-19-11-16(3)12-21(29-19)22-20(27)13-25(30-22)18(5)10-17(4)14-26(25)23(28)31-24(6,7)8/h11,16-18,20-22,27H,1,9-10,12-14H2,2-8H3/t16-,17-,18+,20-,21-,22+,25+/m0/s1. The highest BCUT2D eigenvalue weighted by atomic mass is 16.6. The maximum atomic E-state index is 13.2. The summed E-state index contributed by atoms with van der Waals surface area (Å²) in [6.45, 7) is 18.6. The number of amides is 1. The fraction of sp³-hybridized carbons (Fsp3) is 0.800. The molecular weight excluding hydrogens is 394 g/mol. The minimum atomic E-state index is -0.874. The molecule has 0 bridgehead atoms. The maximum Gasteiger partial charge on any atom is 0.412 e. The number of ether oxygens (including phenoxy) is 3. The number of allylic oxidation sites excluding steroid dienone is 2. The van der Waals surface area contributed by atoms with Crippen molar-refractivity contribution in [1.29, 1.82) is 0 Å². The molecule has 0 aromatic carbocycles. The van der Waals surface area contributed by atoms with E-state index in [2.05, 4.69) is 33.4 Å². The Morgan fingerprint density at radius 1 is 1.32 bits per heavy atom. The average Bonchev–Trinajstić information content (AvgIpc) is 2.94. The van der Waals surface area contributed by atoms with Crippen molar-refractivity contribution in [1.82, 2.24) is 4.90 Å². The molecule has 176 valence electrons. The van der Waals surface area contributed by atoms with Crippen LogP contribution in [0.5, 0.6) is 0 Å². The minimum Gasteiger partial charge on any atom is -0.492 e. The first-order chi connectivity index (χ1) is 14.3. The lowest BCUT2D eigenvalue weighted by Crippen LogP contribution is -2.61. The van der Waals surface area contributed by atoms with E-state index >= 15 is 0 Å². The molecule has 1 amide bonds. The Morgan fingerprint density at radius 3 is 2.61 bits per heavy atom. The van der Waals surface area contributed by atoms with Gasteiger partial charge in [-0.05, 0) is 58.4 Å². The van der Waals surface area contributed by atoms with E-state index in [1.165, 1.54) is 0 Å². The second kappa shape index (κ2) is 8.78. The van der Waals surface area contributed by atoms with Gasteiger partial charge in [0, 0.05) is 25.3 Å². The number of hydrogen-bond donors (Lipinski definition) is 1. The summed E-state index contributed by atoms with van der Waals surface area (Å²) in [5, 5.41) is 11.1. The molecule has 31 heavy (non-hydrogen) atoms. The van der Waals surface area contributed by atoms with Crippen LogP contribution < -0.4 is 0 Å². The highest BCUT2D eigenvalue weighted by Gasteiger charge is 2.59. The van der Waals surface area contributed by atoms with Gasteiger partial charge in [0.15, 0.2) is 5.72 Å². The summed E-state index contributed by atoms with van der Waals surface area (Å²) in [5.41, 5.74) is -0.432. The Balaban J connectivity index is 1.84. The number of aliphatic hydroxyl groups is 1. The maximum absolute atomic E-state index is 13.2. The third-order valence-electron chi connectivity index (χ3n) is 6.53. The molecule has 0 aliphatic carbocycles. The van der Waals surface area contributed by atoms with Crippen LogP contribution in [0.1, 0.15) is 74.1 Å². The van der Waals surface area contributed by atoms with Crippen LogP contribution in [0.2, 0.25) is 0 Å². The lowest BCUT2D eigenvalue weighted by atomic mass is 9.80. The van der Waals surface area contributed by atoms with Gasteiger partial charge in [0.25, 0.3) is 0 Å². The van der Waals surface area contributed by atoms with Crippen molar-refractivity contribution in [2.24, 2.45) is 17.8 Å². The predicted octanol–water partition coefficient (Wildman–Crippen LogP) is 5.02. The van der Waals surface area contributed by atoms with E-state index in [1.807, 2.05) is 27.7 Å². The van der Waals surface area contributed by atoms with Gasteiger partial charge < -0.3 is 19.3 Å². The summed E-state index contributed by atoms with van der Waals surface area (Å²) < 4.78 is 18.7. The number of rotatable bonds is 3. The third kappa shape index (κ3) is 5.28. The molecule has 2 saturated heterocycles. The zero-order valence-electron chi connectivity index (χ0n) is 20.3. The Kier molecular flexibility index (Phi) is 6.83. The Morgan fingerprint density at radius 2 is 2.00 bits per heavy atom. The summed E-state index contributed by atoms with van der Waals surface area (Å²) >= 11 is 0. The van der Waals surface area contributed by atoms with E-state index < -0.39 is 23.5 Å². The van der Waals surface area contributed by atoms with E-state index in [0.29, 0.717) is 31.2 Å². The van der Waals surface area contributed by atoms with Gasteiger partial charge in [0.2, 0.25) is 0 Å². The smallest absolute Gasteiger partial charge is 0.412 e. The molecule has 3 aliphatic heterocycles. The van der Waals surface area contributed by atoms with Crippen LogP contribution in [0.4, 0.5) is 4.79 Å². The molecule has 1 spiro atoms. The molecule has 2 fully saturated rings. The monoisotopic (exact) mass is 435 g/mol. The van der Waals surface area contributed by atoms with Crippen LogP contribution in [-0.4, -0.2) is 52.3 Å². The Bertz CT molecular complexity index is 726. The van der Waals surface area contributed by atoms with Crippen molar-refractivity contribution in [3.8, 4) is 0 Å². The molecular formula is C25H41NO5. The fourth-order valence-corrected chi connectivity index (χ4v) is 5.37. The highest BCUT2D eigenvalue weighted by molar-refractivity contribution is 5.69. The topological polar surface area (TPSA) is 68.2 Å². The van der Waals surface area contributed by atoms with Gasteiger partial charge in [-0.2, -0.15) is 0 Å². The van der Waals surface area contributed by atoms with Gasteiger partial charge in [-0.1, -0.05) is 32.9 Å². The highest BCUT2D eigenvalue weighted by Crippen LogP contribution is 2.48. The lowest BCUT2D eigenvalue weighted by molar-refractivity contribution is -0.211. The number of carbonyl (C=O) groups is 1. The molecule has 0 aromatic rings. The molecule has 0 aromatic heterocycles. The van der Waals surface area contributed by atoms with E-state index in [-0.39, 0.29) is 18.1 Å². The van der Waals surface area contributed by atoms with Crippen LogP contribution in [0, 0.1) is 17.8 Å². The van der Waals surface area contributed by atoms with Gasteiger partial charge in [0.1, 0.15) is 17.8 Å². The molecule has 3 heterocycles. The lowest BCUT2D eigenvalue weighted by Gasteiger charge is -2.50. The average molecular weight is 436 g/mol.